The Bertz CT molecular complexity index is 328. The second-order valence-corrected chi connectivity index (χ2v) is 4.97. The van der Waals surface area contributed by atoms with Gasteiger partial charge in [-0.3, -0.25) is 0 Å². The molecule has 2 atom stereocenters. The molecule has 2 unspecified atom stereocenters. The van der Waals surface area contributed by atoms with Crippen LogP contribution in [0, 0.1) is 19.8 Å². The highest BCUT2D eigenvalue weighted by molar-refractivity contribution is 5.33. The number of benzene rings is 1. The Hall–Kier alpha value is -0.820. The average Bonchev–Trinajstić information content (AvgIpc) is 2.19. The van der Waals surface area contributed by atoms with E-state index in [1.165, 1.54) is 16.7 Å². The number of aryl methyl sites for hydroxylation is 2. The van der Waals surface area contributed by atoms with E-state index in [0.717, 1.165) is 0 Å². The quantitative estimate of drug-likeness (QED) is 0.804. The third kappa shape index (κ3) is 2.82. The summed E-state index contributed by atoms with van der Waals surface area (Å²) in [5, 5.41) is 0. The minimum absolute atomic E-state index is 0.241. The number of hydrogen-bond donors (Lipinski definition) is 1. The van der Waals surface area contributed by atoms with Crippen molar-refractivity contribution in [2.45, 2.75) is 46.6 Å². The summed E-state index contributed by atoms with van der Waals surface area (Å²) in [6.45, 7) is 10.9. The lowest BCUT2D eigenvalue weighted by Crippen LogP contribution is -2.32. The lowest BCUT2D eigenvalue weighted by atomic mass is 9.84. The molecule has 0 bridgehead atoms. The lowest BCUT2D eigenvalue weighted by Gasteiger charge is -2.25. The van der Waals surface area contributed by atoms with Gasteiger partial charge in [0.05, 0.1) is 0 Å². The van der Waals surface area contributed by atoms with Crippen molar-refractivity contribution in [1.29, 1.82) is 0 Å². The number of rotatable bonds is 3. The van der Waals surface area contributed by atoms with Crippen molar-refractivity contribution in [1.82, 2.24) is 0 Å². The molecule has 0 fully saturated rings. The Balaban J connectivity index is 2.99. The molecule has 0 radical (unpaired) electrons. The van der Waals surface area contributed by atoms with Crippen LogP contribution < -0.4 is 5.73 Å². The molecule has 0 amide bonds. The summed E-state index contributed by atoms with van der Waals surface area (Å²) >= 11 is 0. The summed E-state index contributed by atoms with van der Waals surface area (Å²) < 4.78 is 0. The zero-order valence-electron chi connectivity index (χ0n) is 10.5. The Morgan fingerprint density at radius 3 is 2.20 bits per heavy atom. The molecule has 0 heterocycles. The predicted molar refractivity (Wildman–Crippen MR) is 67.1 cm³/mol. The highest BCUT2D eigenvalue weighted by Gasteiger charge is 2.19. The summed E-state index contributed by atoms with van der Waals surface area (Å²) in [5.41, 5.74) is 10.3. The third-order valence-electron chi connectivity index (χ3n) is 3.27. The maximum absolute atomic E-state index is 6.21. The van der Waals surface area contributed by atoms with Crippen molar-refractivity contribution in [3.8, 4) is 0 Å². The van der Waals surface area contributed by atoms with Gasteiger partial charge in [-0.1, -0.05) is 44.5 Å². The Morgan fingerprint density at radius 1 is 1.07 bits per heavy atom. The van der Waals surface area contributed by atoms with Crippen molar-refractivity contribution in [2.75, 3.05) is 0 Å². The molecule has 15 heavy (non-hydrogen) atoms. The van der Waals surface area contributed by atoms with Crippen molar-refractivity contribution < 1.29 is 0 Å². The SMILES string of the molecule is Cc1ccc(C)c(C(C)C(N)C(C)C)c1. The summed E-state index contributed by atoms with van der Waals surface area (Å²) in [6.07, 6.45) is 0. The molecular formula is C14H23N. The largest absolute Gasteiger partial charge is 0.327 e. The van der Waals surface area contributed by atoms with Gasteiger partial charge >= 0.3 is 0 Å². The zero-order chi connectivity index (χ0) is 11.6. The van der Waals surface area contributed by atoms with Gasteiger partial charge in [0.1, 0.15) is 0 Å². The van der Waals surface area contributed by atoms with E-state index in [1.807, 2.05) is 0 Å². The first kappa shape index (κ1) is 12.3. The zero-order valence-corrected chi connectivity index (χ0v) is 10.5. The lowest BCUT2D eigenvalue weighted by molar-refractivity contribution is 0.433. The fourth-order valence-electron chi connectivity index (χ4n) is 2.04. The van der Waals surface area contributed by atoms with E-state index in [1.54, 1.807) is 0 Å². The maximum atomic E-state index is 6.21. The highest BCUT2D eigenvalue weighted by atomic mass is 14.7. The van der Waals surface area contributed by atoms with Crippen LogP contribution >= 0.6 is 0 Å². The van der Waals surface area contributed by atoms with Crippen LogP contribution in [0.5, 0.6) is 0 Å². The van der Waals surface area contributed by atoms with Gasteiger partial charge in [-0.25, -0.2) is 0 Å². The summed E-state index contributed by atoms with van der Waals surface area (Å²) in [5.74, 6) is 0.963. The molecule has 1 nitrogen and oxygen atoms in total. The van der Waals surface area contributed by atoms with Crippen molar-refractivity contribution in [3.63, 3.8) is 0 Å². The van der Waals surface area contributed by atoms with Gasteiger partial charge in [-0.15, -0.1) is 0 Å². The number of nitrogens with two attached hydrogens (primary N) is 1. The van der Waals surface area contributed by atoms with Crippen LogP contribution in [-0.2, 0) is 0 Å². The van der Waals surface area contributed by atoms with E-state index in [4.69, 9.17) is 5.73 Å². The molecule has 0 aliphatic rings. The first-order valence-electron chi connectivity index (χ1n) is 5.76. The normalized spacial score (nSPS) is 15.4. The van der Waals surface area contributed by atoms with Crippen molar-refractivity contribution >= 4 is 0 Å². The fraction of sp³-hybridized carbons (Fsp3) is 0.571. The standard InChI is InChI=1S/C14H23N/c1-9(2)14(15)12(5)13-8-10(3)6-7-11(13)4/h6-9,12,14H,15H2,1-5H3. The Labute approximate surface area is 93.7 Å². The molecule has 1 heteroatoms. The fourth-order valence-corrected chi connectivity index (χ4v) is 2.04. The molecule has 0 saturated carbocycles. The van der Waals surface area contributed by atoms with Gasteiger partial charge in [0.15, 0.2) is 0 Å². The van der Waals surface area contributed by atoms with Crippen LogP contribution in [0.2, 0.25) is 0 Å². The third-order valence-corrected chi connectivity index (χ3v) is 3.27. The minimum atomic E-state index is 0.241. The van der Waals surface area contributed by atoms with Gasteiger partial charge < -0.3 is 5.73 Å². The van der Waals surface area contributed by atoms with E-state index in [2.05, 4.69) is 52.8 Å². The second-order valence-electron chi connectivity index (χ2n) is 4.97. The second kappa shape index (κ2) is 4.80. The highest BCUT2D eigenvalue weighted by Crippen LogP contribution is 2.26. The van der Waals surface area contributed by atoms with Gasteiger partial charge in [-0.2, -0.15) is 0 Å². The monoisotopic (exact) mass is 205 g/mol. The molecule has 2 N–H and O–H groups in total. The average molecular weight is 205 g/mol. The first-order chi connectivity index (χ1) is 6.93. The Morgan fingerprint density at radius 2 is 1.67 bits per heavy atom. The molecule has 0 aliphatic carbocycles. The molecule has 1 rings (SSSR count). The number of hydrogen-bond acceptors (Lipinski definition) is 1. The van der Waals surface area contributed by atoms with Crippen LogP contribution in [0.3, 0.4) is 0 Å². The molecular weight excluding hydrogens is 182 g/mol. The summed E-state index contributed by atoms with van der Waals surface area (Å²) in [7, 11) is 0. The van der Waals surface area contributed by atoms with Crippen molar-refractivity contribution in [3.05, 3.63) is 34.9 Å². The summed E-state index contributed by atoms with van der Waals surface area (Å²) in [4.78, 5) is 0. The van der Waals surface area contributed by atoms with Crippen LogP contribution in [0.15, 0.2) is 18.2 Å². The van der Waals surface area contributed by atoms with E-state index < -0.39 is 0 Å². The van der Waals surface area contributed by atoms with E-state index in [0.29, 0.717) is 11.8 Å². The van der Waals surface area contributed by atoms with Crippen molar-refractivity contribution in [2.24, 2.45) is 11.7 Å². The molecule has 84 valence electrons. The summed E-state index contributed by atoms with van der Waals surface area (Å²) in [6, 6.07) is 6.86. The Kier molecular flexibility index (Phi) is 3.92. The van der Waals surface area contributed by atoms with Crippen LogP contribution in [0.25, 0.3) is 0 Å². The van der Waals surface area contributed by atoms with Gasteiger partial charge in [0.2, 0.25) is 0 Å². The van der Waals surface area contributed by atoms with Gasteiger partial charge in [-0.05, 0) is 36.8 Å². The molecule has 0 aromatic heterocycles. The minimum Gasteiger partial charge on any atom is -0.327 e. The topological polar surface area (TPSA) is 26.0 Å². The maximum Gasteiger partial charge on any atom is 0.0128 e. The van der Waals surface area contributed by atoms with Gasteiger partial charge in [0.25, 0.3) is 0 Å². The van der Waals surface area contributed by atoms with E-state index in [9.17, 15) is 0 Å². The van der Waals surface area contributed by atoms with Crippen LogP contribution in [0.4, 0.5) is 0 Å². The van der Waals surface area contributed by atoms with Gasteiger partial charge in [0, 0.05) is 6.04 Å². The molecule has 0 saturated heterocycles. The first-order valence-corrected chi connectivity index (χ1v) is 5.76. The molecule has 0 spiro atoms. The molecule has 1 aromatic rings. The van der Waals surface area contributed by atoms with Crippen LogP contribution in [0.1, 0.15) is 43.4 Å². The molecule has 0 aliphatic heterocycles. The van der Waals surface area contributed by atoms with Crippen LogP contribution in [-0.4, -0.2) is 6.04 Å². The van der Waals surface area contributed by atoms with E-state index >= 15 is 0 Å². The smallest absolute Gasteiger partial charge is 0.0128 e. The molecule has 1 aromatic carbocycles. The van der Waals surface area contributed by atoms with E-state index in [-0.39, 0.29) is 6.04 Å². The predicted octanol–water partition coefficient (Wildman–Crippen LogP) is 3.39.